The number of carbonyl (C=O) groups is 1. The van der Waals surface area contributed by atoms with Gasteiger partial charge in [0.2, 0.25) is 0 Å². The second-order valence-corrected chi connectivity index (χ2v) is 5.38. The summed E-state index contributed by atoms with van der Waals surface area (Å²) in [5, 5.41) is 0. The van der Waals surface area contributed by atoms with Crippen LogP contribution in [0.15, 0.2) is 30.3 Å². The Hall–Kier alpha value is -2.01. The number of amides is 1. The number of hydrogen-bond acceptors (Lipinski definition) is 4. The molecule has 0 unspecified atom stereocenters. The molecule has 0 radical (unpaired) electrons. The Morgan fingerprint density at radius 3 is 2.63 bits per heavy atom. The van der Waals surface area contributed by atoms with E-state index < -0.39 is 5.91 Å². The van der Waals surface area contributed by atoms with Crippen molar-refractivity contribution in [3.05, 3.63) is 45.6 Å². The first-order chi connectivity index (χ1) is 9.10. The monoisotopic (exact) mass is 276 g/mol. The van der Waals surface area contributed by atoms with Crippen LogP contribution in [0.25, 0.3) is 0 Å². The zero-order valence-corrected chi connectivity index (χ0v) is 11.5. The van der Waals surface area contributed by atoms with Crippen molar-refractivity contribution < 1.29 is 9.53 Å². The second kappa shape index (κ2) is 5.75. The highest BCUT2D eigenvalue weighted by molar-refractivity contribution is 7.11. The third kappa shape index (κ3) is 3.26. The smallest absolute Gasteiger partial charge is 0.252 e. The summed E-state index contributed by atoms with van der Waals surface area (Å²) < 4.78 is 5.65. The Morgan fingerprint density at radius 1 is 1.26 bits per heavy atom. The van der Waals surface area contributed by atoms with Crippen molar-refractivity contribution in [1.82, 2.24) is 0 Å². The lowest BCUT2D eigenvalue weighted by Gasteiger charge is -2.09. The lowest BCUT2D eigenvalue weighted by Crippen LogP contribution is -2.13. The van der Waals surface area contributed by atoms with E-state index in [-0.39, 0.29) is 0 Å². The predicted molar refractivity (Wildman–Crippen MR) is 77.4 cm³/mol. The minimum atomic E-state index is -0.518. The first kappa shape index (κ1) is 13.4. The number of hydrogen-bond donors (Lipinski definition) is 2. The van der Waals surface area contributed by atoms with E-state index >= 15 is 0 Å². The maximum atomic E-state index is 11.3. The molecule has 0 bridgehead atoms. The number of ether oxygens (including phenoxy) is 1. The molecule has 0 saturated heterocycles. The Labute approximate surface area is 116 Å². The molecule has 0 aliphatic carbocycles. The molecule has 4 nitrogen and oxygen atoms in total. The van der Waals surface area contributed by atoms with E-state index in [0.29, 0.717) is 23.6 Å². The van der Waals surface area contributed by atoms with Gasteiger partial charge in [-0.05, 0) is 30.7 Å². The molecule has 19 heavy (non-hydrogen) atoms. The van der Waals surface area contributed by atoms with E-state index in [9.17, 15) is 4.79 Å². The fourth-order valence-electron chi connectivity index (χ4n) is 1.70. The number of carbonyl (C=O) groups excluding carboxylic acids is 1. The Morgan fingerprint density at radius 2 is 2.00 bits per heavy atom. The average Bonchev–Trinajstić information content (AvgIpc) is 2.84. The van der Waals surface area contributed by atoms with E-state index in [1.807, 2.05) is 6.07 Å². The molecular formula is C14H16N2O2S. The molecule has 0 saturated carbocycles. The van der Waals surface area contributed by atoms with Crippen molar-refractivity contribution in [2.45, 2.75) is 20.0 Å². The molecule has 1 aromatic heterocycles. The number of anilines is 1. The van der Waals surface area contributed by atoms with Gasteiger partial charge in [-0.2, -0.15) is 0 Å². The first-order valence-electron chi connectivity index (χ1n) is 6.00. The number of aryl methyl sites for hydroxylation is 1. The molecule has 1 heterocycles. The van der Waals surface area contributed by atoms with Crippen molar-refractivity contribution in [2.75, 3.05) is 5.73 Å². The van der Waals surface area contributed by atoms with Crippen LogP contribution in [-0.4, -0.2) is 5.91 Å². The highest BCUT2D eigenvalue weighted by Crippen LogP contribution is 2.24. The van der Waals surface area contributed by atoms with Crippen LogP contribution in [0.5, 0.6) is 5.75 Å². The number of nitrogen functional groups attached to an aromatic ring is 1. The van der Waals surface area contributed by atoms with Gasteiger partial charge >= 0.3 is 0 Å². The van der Waals surface area contributed by atoms with Crippen LogP contribution < -0.4 is 16.2 Å². The fourth-order valence-corrected chi connectivity index (χ4v) is 2.57. The number of rotatable bonds is 5. The van der Waals surface area contributed by atoms with Gasteiger partial charge in [-0.3, -0.25) is 4.79 Å². The van der Waals surface area contributed by atoms with Gasteiger partial charge < -0.3 is 16.2 Å². The molecule has 100 valence electrons. The fraction of sp³-hybridized carbons (Fsp3) is 0.214. The Kier molecular flexibility index (Phi) is 4.06. The molecule has 1 aromatic carbocycles. The van der Waals surface area contributed by atoms with Crippen molar-refractivity contribution in [2.24, 2.45) is 5.73 Å². The molecule has 2 rings (SSSR count). The third-order valence-corrected chi connectivity index (χ3v) is 3.91. The van der Waals surface area contributed by atoms with Gasteiger partial charge in [0.15, 0.2) is 0 Å². The summed E-state index contributed by atoms with van der Waals surface area (Å²) in [6, 6.07) is 8.94. The summed E-state index contributed by atoms with van der Waals surface area (Å²) in [6.45, 7) is 2.52. The normalized spacial score (nSPS) is 10.4. The topological polar surface area (TPSA) is 78.3 Å². The van der Waals surface area contributed by atoms with Gasteiger partial charge in [0.1, 0.15) is 12.4 Å². The largest absolute Gasteiger partial charge is 0.487 e. The first-order valence-corrected chi connectivity index (χ1v) is 6.81. The minimum absolute atomic E-state index is 0.349. The highest BCUT2D eigenvalue weighted by Gasteiger charge is 2.10. The highest BCUT2D eigenvalue weighted by atomic mass is 32.1. The van der Waals surface area contributed by atoms with Crippen LogP contribution in [0.4, 0.5) is 5.69 Å². The van der Waals surface area contributed by atoms with Crippen molar-refractivity contribution in [3.63, 3.8) is 0 Å². The maximum absolute atomic E-state index is 11.3. The molecule has 0 fully saturated rings. The standard InChI is InChI=1S/C14H16N2O2S/c1-2-10-4-5-11(19-10)8-18-13-7-9(15)3-6-12(13)14(16)17/h3-7H,2,8,15H2,1H3,(H2,16,17). The summed E-state index contributed by atoms with van der Waals surface area (Å²) in [6.07, 6.45) is 1.01. The van der Waals surface area contributed by atoms with Crippen LogP contribution in [0.1, 0.15) is 27.0 Å². The van der Waals surface area contributed by atoms with E-state index in [2.05, 4.69) is 13.0 Å². The summed E-state index contributed by atoms with van der Waals surface area (Å²) in [5.41, 5.74) is 11.9. The zero-order valence-electron chi connectivity index (χ0n) is 10.7. The molecular weight excluding hydrogens is 260 g/mol. The molecule has 0 aliphatic rings. The predicted octanol–water partition coefficient (Wildman–Crippen LogP) is 2.57. The summed E-state index contributed by atoms with van der Waals surface area (Å²) in [4.78, 5) is 13.7. The molecule has 5 heteroatoms. The quantitative estimate of drug-likeness (QED) is 0.824. The van der Waals surface area contributed by atoms with Gasteiger partial charge in [0.25, 0.3) is 5.91 Å². The molecule has 4 N–H and O–H groups in total. The lowest BCUT2D eigenvalue weighted by atomic mass is 10.1. The third-order valence-electron chi connectivity index (χ3n) is 2.71. The van der Waals surface area contributed by atoms with Gasteiger partial charge in [0.05, 0.1) is 5.56 Å². The van der Waals surface area contributed by atoms with Crippen molar-refractivity contribution in [3.8, 4) is 5.75 Å². The van der Waals surface area contributed by atoms with Gasteiger partial charge in [-0.1, -0.05) is 6.92 Å². The van der Waals surface area contributed by atoms with Gasteiger partial charge in [-0.15, -0.1) is 11.3 Å². The van der Waals surface area contributed by atoms with Crippen molar-refractivity contribution >= 4 is 22.9 Å². The molecule has 0 aliphatic heterocycles. The molecule has 0 spiro atoms. The number of thiophene rings is 1. The summed E-state index contributed by atoms with van der Waals surface area (Å²) in [7, 11) is 0. The minimum Gasteiger partial charge on any atom is -0.487 e. The van der Waals surface area contributed by atoms with Crippen molar-refractivity contribution in [1.29, 1.82) is 0 Å². The van der Waals surface area contributed by atoms with Crippen LogP contribution in [0.3, 0.4) is 0 Å². The van der Waals surface area contributed by atoms with Crippen LogP contribution in [0, 0.1) is 0 Å². The zero-order chi connectivity index (χ0) is 13.8. The molecule has 1 amide bonds. The number of nitrogens with two attached hydrogens (primary N) is 2. The van der Waals surface area contributed by atoms with Gasteiger partial charge in [-0.25, -0.2) is 0 Å². The summed E-state index contributed by atoms with van der Waals surface area (Å²) >= 11 is 1.70. The SMILES string of the molecule is CCc1ccc(COc2cc(N)ccc2C(N)=O)s1. The Bertz CT molecular complexity index is 593. The second-order valence-electron chi connectivity index (χ2n) is 4.13. The number of primary amides is 1. The maximum Gasteiger partial charge on any atom is 0.252 e. The van der Waals surface area contributed by atoms with Crippen LogP contribution in [-0.2, 0) is 13.0 Å². The Balaban J connectivity index is 2.14. The van der Waals surface area contributed by atoms with Crippen LogP contribution in [0.2, 0.25) is 0 Å². The number of benzene rings is 1. The average molecular weight is 276 g/mol. The van der Waals surface area contributed by atoms with E-state index in [0.717, 1.165) is 11.3 Å². The molecule has 2 aromatic rings. The van der Waals surface area contributed by atoms with E-state index in [1.54, 1.807) is 29.5 Å². The van der Waals surface area contributed by atoms with E-state index in [1.165, 1.54) is 4.88 Å². The summed E-state index contributed by atoms with van der Waals surface area (Å²) in [5.74, 6) is -0.0885. The molecule has 0 atom stereocenters. The lowest BCUT2D eigenvalue weighted by molar-refractivity contribution is 0.0996. The van der Waals surface area contributed by atoms with Crippen LogP contribution >= 0.6 is 11.3 Å². The van der Waals surface area contributed by atoms with E-state index in [4.69, 9.17) is 16.2 Å². The van der Waals surface area contributed by atoms with Gasteiger partial charge in [0, 0.05) is 21.5 Å².